The topological polar surface area (TPSA) is 45.4 Å². The summed E-state index contributed by atoms with van der Waals surface area (Å²) in [5.74, 6) is 0.720. The number of nitriles is 1. The first-order chi connectivity index (χ1) is 11.8. The Labute approximate surface area is 143 Å². The van der Waals surface area contributed by atoms with E-state index in [9.17, 15) is 0 Å². The number of hydrogen-bond donors (Lipinski definition) is 0. The van der Waals surface area contributed by atoms with Crippen LogP contribution in [0.3, 0.4) is 0 Å². The molecule has 0 amide bonds. The van der Waals surface area contributed by atoms with E-state index in [0.717, 1.165) is 17.0 Å². The van der Waals surface area contributed by atoms with Crippen LogP contribution in [0.25, 0.3) is 0 Å². The van der Waals surface area contributed by atoms with Crippen LogP contribution in [0, 0.1) is 11.3 Å². The molecule has 0 spiro atoms. The fourth-order valence-corrected chi connectivity index (χ4v) is 3.13. The van der Waals surface area contributed by atoms with Crippen LogP contribution in [0.4, 0.5) is 0 Å². The van der Waals surface area contributed by atoms with Crippen LogP contribution in [0.2, 0.25) is 0 Å². The van der Waals surface area contributed by atoms with E-state index in [1.54, 1.807) is 12.1 Å². The van der Waals surface area contributed by atoms with Gasteiger partial charge in [-0.05, 0) is 42.0 Å². The summed E-state index contributed by atoms with van der Waals surface area (Å²) in [5, 5.41) is 12.7. The molecule has 1 aliphatic carbocycles. The Kier molecular flexibility index (Phi) is 5.63. The predicted octanol–water partition coefficient (Wildman–Crippen LogP) is 5.03. The third-order valence-corrected chi connectivity index (χ3v) is 4.54. The van der Waals surface area contributed by atoms with E-state index < -0.39 is 0 Å². The van der Waals surface area contributed by atoms with E-state index in [1.165, 1.54) is 37.7 Å². The summed E-state index contributed by atoms with van der Waals surface area (Å²) in [4.78, 5) is 5.27. The van der Waals surface area contributed by atoms with Gasteiger partial charge in [-0.2, -0.15) is 5.26 Å². The second kappa shape index (κ2) is 8.31. The molecule has 2 aromatic rings. The van der Waals surface area contributed by atoms with Crippen molar-refractivity contribution in [2.24, 2.45) is 5.16 Å². The molecular weight excluding hydrogens is 296 g/mol. The van der Waals surface area contributed by atoms with Crippen molar-refractivity contribution in [3.63, 3.8) is 0 Å². The van der Waals surface area contributed by atoms with E-state index in [1.807, 2.05) is 12.1 Å². The van der Waals surface area contributed by atoms with E-state index >= 15 is 0 Å². The Balaban J connectivity index is 1.50. The zero-order valence-corrected chi connectivity index (χ0v) is 13.7. The van der Waals surface area contributed by atoms with Gasteiger partial charge in [0.1, 0.15) is 12.8 Å². The molecule has 24 heavy (non-hydrogen) atoms. The van der Waals surface area contributed by atoms with Gasteiger partial charge in [0.2, 0.25) is 0 Å². The van der Waals surface area contributed by atoms with Crippen molar-refractivity contribution in [2.75, 3.05) is 0 Å². The highest BCUT2D eigenvalue weighted by molar-refractivity contribution is 5.79. The Bertz CT molecular complexity index is 705. The van der Waals surface area contributed by atoms with Crippen molar-refractivity contribution >= 4 is 6.21 Å². The minimum absolute atomic E-state index is 0.374. The average Bonchev–Trinajstić information content (AvgIpc) is 2.67. The van der Waals surface area contributed by atoms with Gasteiger partial charge in [-0.3, -0.25) is 0 Å². The van der Waals surface area contributed by atoms with Gasteiger partial charge in [0, 0.05) is 5.56 Å². The third-order valence-electron chi connectivity index (χ3n) is 4.54. The minimum atomic E-state index is 0.374. The monoisotopic (exact) mass is 317 g/mol. The standard InChI is InChI=1S/C21H21N2O/c22-14-17-6-8-19(9-7-17)16-24-23-15-18-10-12-21(13-11-18)20-4-2-1-3-5-20/h6-13,20H,1-5,16H2. The zero-order valence-electron chi connectivity index (χ0n) is 13.7. The summed E-state index contributed by atoms with van der Waals surface area (Å²) in [6.45, 7) is 0.374. The normalized spacial score (nSPS) is 15.3. The van der Waals surface area contributed by atoms with E-state index in [-0.39, 0.29) is 0 Å². The van der Waals surface area contributed by atoms with Crippen LogP contribution in [0.15, 0.2) is 53.7 Å². The summed E-state index contributed by atoms with van der Waals surface area (Å²) in [6, 6.07) is 17.9. The molecule has 0 unspecified atom stereocenters. The molecule has 3 nitrogen and oxygen atoms in total. The first-order valence-corrected chi connectivity index (χ1v) is 8.52. The number of rotatable bonds is 5. The van der Waals surface area contributed by atoms with Crippen molar-refractivity contribution < 1.29 is 4.84 Å². The second-order valence-electron chi connectivity index (χ2n) is 6.24. The Morgan fingerprint density at radius 2 is 1.58 bits per heavy atom. The van der Waals surface area contributed by atoms with Crippen molar-refractivity contribution in [3.05, 3.63) is 70.8 Å². The van der Waals surface area contributed by atoms with E-state index in [0.29, 0.717) is 12.2 Å². The third kappa shape index (κ3) is 4.45. The molecule has 0 N–H and O–H groups in total. The fourth-order valence-electron chi connectivity index (χ4n) is 3.13. The van der Waals surface area contributed by atoms with Crippen LogP contribution < -0.4 is 0 Å². The van der Waals surface area contributed by atoms with Gasteiger partial charge in [0.05, 0.1) is 11.6 Å². The summed E-state index contributed by atoms with van der Waals surface area (Å²) in [5.41, 5.74) is 3.98. The second-order valence-corrected chi connectivity index (χ2v) is 6.24. The van der Waals surface area contributed by atoms with Crippen LogP contribution in [-0.2, 0) is 11.4 Å². The number of hydrogen-bond acceptors (Lipinski definition) is 3. The maximum atomic E-state index is 8.76. The van der Waals surface area contributed by atoms with Crippen LogP contribution in [0.5, 0.6) is 0 Å². The van der Waals surface area contributed by atoms with Gasteiger partial charge < -0.3 is 4.84 Å². The molecule has 2 aromatic carbocycles. The average molecular weight is 317 g/mol. The minimum Gasteiger partial charge on any atom is -0.390 e. The molecule has 0 aromatic heterocycles. The summed E-state index contributed by atoms with van der Waals surface area (Å²) in [6.07, 6.45) is 9.62. The predicted molar refractivity (Wildman–Crippen MR) is 94.8 cm³/mol. The summed E-state index contributed by atoms with van der Waals surface area (Å²) < 4.78 is 0. The lowest BCUT2D eigenvalue weighted by Crippen LogP contribution is -2.04. The highest BCUT2D eigenvalue weighted by atomic mass is 16.6. The largest absolute Gasteiger partial charge is 0.390 e. The van der Waals surface area contributed by atoms with Crippen molar-refractivity contribution in [2.45, 2.75) is 44.6 Å². The SMILES string of the molecule is N#Cc1ccc(CO/N=[C]\c2ccc(C3CCCCC3)cc2)cc1. The maximum Gasteiger partial charge on any atom is 0.142 e. The van der Waals surface area contributed by atoms with Gasteiger partial charge in [0.15, 0.2) is 0 Å². The fraction of sp³-hybridized carbons (Fsp3) is 0.333. The molecule has 0 saturated heterocycles. The molecule has 3 heteroatoms. The molecule has 1 radical (unpaired) electrons. The summed E-state index contributed by atoms with van der Waals surface area (Å²) in [7, 11) is 0. The molecule has 3 rings (SSSR count). The molecule has 0 atom stereocenters. The zero-order chi connectivity index (χ0) is 16.6. The smallest absolute Gasteiger partial charge is 0.142 e. The van der Waals surface area contributed by atoms with E-state index in [4.69, 9.17) is 10.1 Å². The molecule has 1 fully saturated rings. The molecule has 121 valence electrons. The summed E-state index contributed by atoms with van der Waals surface area (Å²) >= 11 is 0. The lowest BCUT2D eigenvalue weighted by Gasteiger charge is -2.21. The van der Waals surface area contributed by atoms with E-state index in [2.05, 4.69) is 41.7 Å². The van der Waals surface area contributed by atoms with Crippen LogP contribution in [0.1, 0.15) is 60.3 Å². The molecular formula is C21H21N2O. The first kappa shape index (κ1) is 16.3. The lowest BCUT2D eigenvalue weighted by molar-refractivity contribution is 0.132. The Morgan fingerprint density at radius 1 is 0.917 bits per heavy atom. The molecule has 1 aliphatic rings. The Hall–Kier alpha value is -2.60. The molecule has 1 saturated carbocycles. The van der Waals surface area contributed by atoms with Crippen molar-refractivity contribution in [1.82, 2.24) is 0 Å². The molecule has 0 heterocycles. The molecule has 0 aliphatic heterocycles. The van der Waals surface area contributed by atoms with Crippen molar-refractivity contribution in [1.29, 1.82) is 5.26 Å². The van der Waals surface area contributed by atoms with Gasteiger partial charge in [0.25, 0.3) is 0 Å². The lowest BCUT2D eigenvalue weighted by atomic mass is 9.84. The first-order valence-electron chi connectivity index (χ1n) is 8.52. The number of benzene rings is 2. The quantitative estimate of drug-likeness (QED) is 0.573. The molecule has 0 bridgehead atoms. The highest BCUT2D eigenvalue weighted by Gasteiger charge is 2.14. The van der Waals surface area contributed by atoms with Gasteiger partial charge in [-0.1, -0.05) is 60.8 Å². The highest BCUT2D eigenvalue weighted by Crippen LogP contribution is 2.32. The van der Waals surface area contributed by atoms with Gasteiger partial charge in [-0.25, -0.2) is 0 Å². The van der Waals surface area contributed by atoms with Crippen LogP contribution in [-0.4, -0.2) is 6.21 Å². The Morgan fingerprint density at radius 3 is 2.25 bits per heavy atom. The van der Waals surface area contributed by atoms with Gasteiger partial charge in [-0.15, -0.1) is 0 Å². The van der Waals surface area contributed by atoms with Crippen molar-refractivity contribution in [3.8, 4) is 6.07 Å². The maximum absolute atomic E-state index is 8.76. The van der Waals surface area contributed by atoms with Gasteiger partial charge >= 0.3 is 0 Å². The van der Waals surface area contributed by atoms with Crippen LogP contribution >= 0.6 is 0 Å². The number of nitrogens with zero attached hydrogens (tertiary/aromatic N) is 2.